The molecule has 1 aromatic carbocycles. The number of aliphatic carboxylic acids is 1. The minimum absolute atomic E-state index is 0.141. The zero-order valence-electron chi connectivity index (χ0n) is 12.6. The number of carbonyl (C=O) groups excluding carboxylic acids is 1. The molecule has 0 spiro atoms. The number of benzene rings is 1. The molecule has 5 nitrogen and oxygen atoms in total. The van der Waals surface area contributed by atoms with Crippen LogP contribution in [0.25, 0.3) is 0 Å². The number of carboxylic acid groups (broad SMARTS) is 1. The molecule has 1 unspecified atom stereocenters. The molecule has 0 aromatic heterocycles. The maximum atomic E-state index is 12.3. The molecular formula is C16H22N2O3. The number of anilines is 1. The molecule has 0 aliphatic carbocycles. The second-order valence-electron chi connectivity index (χ2n) is 5.65. The van der Waals surface area contributed by atoms with Gasteiger partial charge in [0, 0.05) is 18.8 Å². The van der Waals surface area contributed by atoms with Crippen molar-refractivity contribution in [1.82, 2.24) is 5.32 Å². The number of carbonyl (C=O) groups is 2. The largest absolute Gasteiger partial charge is 0.481 e. The molecule has 1 aromatic rings. The zero-order valence-corrected chi connectivity index (χ0v) is 12.6. The molecule has 1 aliphatic heterocycles. The monoisotopic (exact) mass is 290 g/mol. The first-order valence-electron chi connectivity index (χ1n) is 7.36. The van der Waals surface area contributed by atoms with E-state index in [0.29, 0.717) is 19.5 Å². The summed E-state index contributed by atoms with van der Waals surface area (Å²) in [5.41, 5.74) is 3.37. The van der Waals surface area contributed by atoms with E-state index in [2.05, 4.69) is 11.4 Å². The Morgan fingerprint density at radius 1 is 1.43 bits per heavy atom. The summed E-state index contributed by atoms with van der Waals surface area (Å²) in [7, 11) is 0. The van der Waals surface area contributed by atoms with E-state index in [1.54, 1.807) is 11.8 Å². The Labute approximate surface area is 125 Å². The zero-order chi connectivity index (χ0) is 15.4. The average molecular weight is 290 g/mol. The molecule has 0 bridgehead atoms. The number of aryl methyl sites for hydroxylation is 2. The summed E-state index contributed by atoms with van der Waals surface area (Å²) in [4.78, 5) is 24.8. The van der Waals surface area contributed by atoms with E-state index in [1.165, 1.54) is 11.1 Å². The van der Waals surface area contributed by atoms with Crippen LogP contribution < -0.4 is 10.2 Å². The minimum Gasteiger partial charge on any atom is -0.481 e. The predicted octanol–water partition coefficient (Wildman–Crippen LogP) is 2.57. The van der Waals surface area contributed by atoms with Crippen LogP contribution in [-0.2, 0) is 11.2 Å². The molecule has 2 N–H and O–H groups in total. The number of carboxylic acids is 1. The molecular weight excluding hydrogens is 268 g/mol. The summed E-state index contributed by atoms with van der Waals surface area (Å²) >= 11 is 0. The van der Waals surface area contributed by atoms with Gasteiger partial charge in [-0.2, -0.15) is 0 Å². The van der Waals surface area contributed by atoms with Crippen molar-refractivity contribution in [3.8, 4) is 0 Å². The van der Waals surface area contributed by atoms with E-state index in [9.17, 15) is 9.59 Å². The smallest absolute Gasteiger partial charge is 0.321 e. The van der Waals surface area contributed by atoms with Crippen molar-refractivity contribution < 1.29 is 14.7 Å². The SMILES string of the molecule is Cc1ccc2c(c1)CCCN2C(=O)NCCC(C)C(=O)O. The first-order valence-corrected chi connectivity index (χ1v) is 7.36. The average Bonchev–Trinajstić information content (AvgIpc) is 2.45. The fourth-order valence-corrected chi connectivity index (χ4v) is 2.55. The van der Waals surface area contributed by atoms with Gasteiger partial charge in [-0.15, -0.1) is 0 Å². The van der Waals surface area contributed by atoms with E-state index < -0.39 is 11.9 Å². The van der Waals surface area contributed by atoms with Crippen molar-refractivity contribution in [3.05, 3.63) is 29.3 Å². The second-order valence-corrected chi connectivity index (χ2v) is 5.65. The number of nitrogens with zero attached hydrogens (tertiary/aromatic N) is 1. The fourth-order valence-electron chi connectivity index (χ4n) is 2.55. The Kier molecular flexibility index (Phi) is 4.83. The quantitative estimate of drug-likeness (QED) is 0.895. The highest BCUT2D eigenvalue weighted by atomic mass is 16.4. The molecule has 2 amide bonds. The summed E-state index contributed by atoms with van der Waals surface area (Å²) in [6, 6.07) is 5.99. The van der Waals surface area contributed by atoms with Crippen LogP contribution >= 0.6 is 0 Å². The van der Waals surface area contributed by atoms with Crippen molar-refractivity contribution >= 4 is 17.7 Å². The lowest BCUT2D eigenvalue weighted by Crippen LogP contribution is -2.43. The number of amides is 2. The van der Waals surface area contributed by atoms with Crippen LogP contribution in [0, 0.1) is 12.8 Å². The van der Waals surface area contributed by atoms with Crippen LogP contribution in [0.1, 0.15) is 30.9 Å². The van der Waals surface area contributed by atoms with Crippen LogP contribution in [0.15, 0.2) is 18.2 Å². The van der Waals surface area contributed by atoms with E-state index >= 15 is 0 Å². The Morgan fingerprint density at radius 2 is 2.19 bits per heavy atom. The summed E-state index contributed by atoms with van der Waals surface area (Å²) in [6.45, 7) is 4.78. The maximum absolute atomic E-state index is 12.3. The summed E-state index contributed by atoms with van der Waals surface area (Å²) in [6.07, 6.45) is 2.39. The minimum atomic E-state index is -0.831. The highest BCUT2D eigenvalue weighted by Gasteiger charge is 2.22. The Balaban J connectivity index is 1.97. The molecule has 1 heterocycles. The molecule has 2 rings (SSSR count). The molecule has 1 aliphatic rings. The van der Waals surface area contributed by atoms with Gasteiger partial charge in [0.05, 0.1) is 5.92 Å². The predicted molar refractivity (Wildman–Crippen MR) is 81.7 cm³/mol. The molecule has 1 atom stereocenters. The lowest BCUT2D eigenvalue weighted by molar-refractivity contribution is -0.141. The number of nitrogens with one attached hydrogen (secondary N) is 1. The van der Waals surface area contributed by atoms with Gasteiger partial charge in [-0.1, -0.05) is 24.6 Å². The van der Waals surface area contributed by atoms with E-state index in [-0.39, 0.29) is 6.03 Å². The number of rotatable bonds is 4. The highest BCUT2D eigenvalue weighted by molar-refractivity contribution is 5.93. The highest BCUT2D eigenvalue weighted by Crippen LogP contribution is 2.27. The molecule has 0 saturated carbocycles. The van der Waals surface area contributed by atoms with Gasteiger partial charge in [0.25, 0.3) is 0 Å². The lowest BCUT2D eigenvalue weighted by atomic mass is 10.00. The van der Waals surface area contributed by atoms with E-state index in [1.807, 2.05) is 19.1 Å². The van der Waals surface area contributed by atoms with Crippen LogP contribution in [0.3, 0.4) is 0 Å². The van der Waals surface area contributed by atoms with Crippen LogP contribution in [0.4, 0.5) is 10.5 Å². The van der Waals surface area contributed by atoms with Crippen LogP contribution in [-0.4, -0.2) is 30.2 Å². The van der Waals surface area contributed by atoms with Crippen molar-refractivity contribution in [1.29, 1.82) is 0 Å². The van der Waals surface area contributed by atoms with Crippen molar-refractivity contribution in [2.45, 2.75) is 33.1 Å². The van der Waals surface area contributed by atoms with Gasteiger partial charge in [-0.05, 0) is 37.8 Å². The number of fused-ring (bicyclic) bond motifs is 1. The van der Waals surface area contributed by atoms with Crippen molar-refractivity contribution in [2.24, 2.45) is 5.92 Å². The van der Waals surface area contributed by atoms with Gasteiger partial charge < -0.3 is 10.4 Å². The standard InChI is InChI=1S/C16H22N2O3/c1-11-5-6-14-13(10-11)4-3-9-18(14)16(21)17-8-7-12(2)15(19)20/h5-6,10,12H,3-4,7-9H2,1-2H3,(H,17,21)(H,19,20). The lowest BCUT2D eigenvalue weighted by Gasteiger charge is -2.30. The fraction of sp³-hybridized carbons (Fsp3) is 0.500. The Morgan fingerprint density at radius 3 is 2.90 bits per heavy atom. The first kappa shape index (κ1) is 15.4. The van der Waals surface area contributed by atoms with Gasteiger partial charge in [0.15, 0.2) is 0 Å². The third-order valence-electron chi connectivity index (χ3n) is 3.87. The number of hydrogen-bond donors (Lipinski definition) is 2. The normalized spacial score (nSPS) is 15.2. The number of hydrogen-bond acceptors (Lipinski definition) is 2. The van der Waals surface area contributed by atoms with Crippen molar-refractivity contribution in [3.63, 3.8) is 0 Å². The summed E-state index contributed by atoms with van der Waals surface area (Å²) < 4.78 is 0. The van der Waals surface area contributed by atoms with Gasteiger partial charge in [0.1, 0.15) is 0 Å². The van der Waals surface area contributed by atoms with Gasteiger partial charge in [-0.25, -0.2) is 4.79 Å². The molecule has 5 heteroatoms. The second kappa shape index (κ2) is 6.61. The van der Waals surface area contributed by atoms with Gasteiger partial charge in [0.2, 0.25) is 0 Å². The Bertz CT molecular complexity index is 542. The number of urea groups is 1. The molecule has 114 valence electrons. The van der Waals surface area contributed by atoms with Crippen LogP contribution in [0.5, 0.6) is 0 Å². The molecule has 21 heavy (non-hydrogen) atoms. The van der Waals surface area contributed by atoms with Crippen molar-refractivity contribution in [2.75, 3.05) is 18.0 Å². The van der Waals surface area contributed by atoms with Crippen LogP contribution in [0.2, 0.25) is 0 Å². The van der Waals surface area contributed by atoms with Gasteiger partial charge >= 0.3 is 12.0 Å². The third kappa shape index (κ3) is 3.74. The molecule has 0 fully saturated rings. The van der Waals surface area contributed by atoms with E-state index in [0.717, 1.165) is 18.5 Å². The summed E-state index contributed by atoms with van der Waals surface area (Å²) in [5, 5.41) is 11.6. The summed E-state index contributed by atoms with van der Waals surface area (Å²) in [5.74, 6) is -1.27. The van der Waals surface area contributed by atoms with Gasteiger partial charge in [-0.3, -0.25) is 9.69 Å². The Hall–Kier alpha value is -2.04. The third-order valence-corrected chi connectivity index (χ3v) is 3.87. The maximum Gasteiger partial charge on any atom is 0.321 e. The van der Waals surface area contributed by atoms with E-state index in [4.69, 9.17) is 5.11 Å². The first-order chi connectivity index (χ1) is 9.99. The topological polar surface area (TPSA) is 69.6 Å². The molecule has 0 saturated heterocycles. The molecule has 0 radical (unpaired) electrons.